The molecule has 9 heteroatoms. The summed E-state index contributed by atoms with van der Waals surface area (Å²) in [5.74, 6) is -0.00678. The molecule has 2 N–H and O–H groups in total. The maximum absolute atomic E-state index is 13.2. The Morgan fingerprint density at radius 1 is 1.19 bits per heavy atom. The van der Waals surface area contributed by atoms with Crippen molar-refractivity contribution in [1.82, 2.24) is 5.32 Å². The van der Waals surface area contributed by atoms with Crippen LogP contribution in [0.15, 0.2) is 22.8 Å². The van der Waals surface area contributed by atoms with Crippen LogP contribution >= 0.6 is 11.3 Å². The van der Waals surface area contributed by atoms with Crippen molar-refractivity contribution in [3.8, 4) is 0 Å². The number of fused-ring (bicyclic) bond motifs is 1. The first-order valence-electron chi connectivity index (χ1n) is 10.5. The Labute approximate surface area is 186 Å². The molecule has 0 spiro atoms. The lowest BCUT2D eigenvalue weighted by molar-refractivity contribution is 0.0941. The van der Waals surface area contributed by atoms with E-state index in [1.165, 1.54) is 17.6 Å². The van der Waals surface area contributed by atoms with Crippen LogP contribution in [0, 0.1) is 11.3 Å². The molecule has 31 heavy (non-hydrogen) atoms. The van der Waals surface area contributed by atoms with Gasteiger partial charge in [-0.25, -0.2) is 8.42 Å². The van der Waals surface area contributed by atoms with E-state index in [0.29, 0.717) is 22.9 Å². The predicted octanol–water partition coefficient (Wildman–Crippen LogP) is 3.66. The van der Waals surface area contributed by atoms with Gasteiger partial charge in [0.05, 0.1) is 23.3 Å². The maximum atomic E-state index is 13.2. The van der Waals surface area contributed by atoms with Crippen molar-refractivity contribution in [1.29, 1.82) is 0 Å². The third kappa shape index (κ3) is 4.72. The summed E-state index contributed by atoms with van der Waals surface area (Å²) in [6.45, 7) is 6.68. The van der Waals surface area contributed by atoms with Crippen molar-refractivity contribution < 1.29 is 22.4 Å². The number of carbonyl (C=O) groups is 2. The van der Waals surface area contributed by atoms with Gasteiger partial charge in [0.25, 0.3) is 11.8 Å². The number of rotatable bonds is 4. The molecule has 1 fully saturated rings. The fraction of sp³-hybridized carbons (Fsp3) is 0.545. The zero-order valence-electron chi connectivity index (χ0n) is 18.0. The largest absolute Gasteiger partial charge is 0.459 e. The number of sulfone groups is 1. The molecule has 4 rings (SSSR count). The molecule has 0 aromatic carbocycles. The van der Waals surface area contributed by atoms with Crippen LogP contribution < -0.4 is 10.6 Å². The van der Waals surface area contributed by atoms with Gasteiger partial charge in [-0.1, -0.05) is 20.8 Å². The quantitative estimate of drug-likeness (QED) is 0.718. The van der Waals surface area contributed by atoms with Crippen molar-refractivity contribution in [2.75, 3.05) is 16.8 Å². The molecule has 3 heterocycles. The molecule has 0 saturated carbocycles. The van der Waals surface area contributed by atoms with Crippen molar-refractivity contribution in [2.45, 2.75) is 52.5 Å². The van der Waals surface area contributed by atoms with Crippen LogP contribution in [0.5, 0.6) is 0 Å². The van der Waals surface area contributed by atoms with Crippen LogP contribution in [-0.2, 0) is 22.7 Å². The van der Waals surface area contributed by atoms with Gasteiger partial charge in [-0.3, -0.25) is 9.59 Å². The molecule has 1 saturated heterocycles. The number of furan rings is 1. The number of anilines is 1. The normalized spacial score (nSPS) is 22.7. The number of hydrogen-bond acceptors (Lipinski definition) is 6. The Hall–Kier alpha value is -2.13. The van der Waals surface area contributed by atoms with Gasteiger partial charge < -0.3 is 15.1 Å². The van der Waals surface area contributed by atoms with E-state index < -0.39 is 21.8 Å². The molecule has 168 valence electrons. The van der Waals surface area contributed by atoms with E-state index >= 15 is 0 Å². The van der Waals surface area contributed by atoms with Crippen LogP contribution in [0.1, 0.15) is 65.0 Å². The number of nitrogens with one attached hydrogen (secondary N) is 2. The molecule has 0 unspecified atom stereocenters. The average molecular weight is 465 g/mol. The Morgan fingerprint density at radius 3 is 2.58 bits per heavy atom. The Bertz CT molecular complexity index is 1090. The molecule has 2 amide bonds. The topological polar surface area (TPSA) is 105 Å². The molecular formula is C22H28N2O5S2. The minimum Gasteiger partial charge on any atom is -0.459 e. The highest BCUT2D eigenvalue weighted by Crippen LogP contribution is 2.44. The first kappa shape index (κ1) is 22.1. The standard InChI is InChI=1S/C22H28N2O5S2/c1-22(2,3)13-6-7-15-17(11-13)30-21(24-19(25)16-5-4-9-29-16)18(15)20(26)23-14-8-10-31(27,28)12-14/h4-5,9,13-14H,6-8,10-12H2,1-3H3,(H,23,26)(H,24,25)/t13-,14-/m1/s1. The van der Waals surface area contributed by atoms with Gasteiger partial charge in [-0.15, -0.1) is 11.3 Å². The van der Waals surface area contributed by atoms with Gasteiger partial charge in [0, 0.05) is 10.9 Å². The Balaban J connectivity index is 1.64. The van der Waals surface area contributed by atoms with Gasteiger partial charge in [-0.2, -0.15) is 0 Å². The van der Waals surface area contributed by atoms with E-state index in [4.69, 9.17) is 4.42 Å². The van der Waals surface area contributed by atoms with E-state index in [9.17, 15) is 18.0 Å². The fourth-order valence-corrected chi connectivity index (χ4v) is 7.39. The average Bonchev–Trinajstić information content (AvgIpc) is 3.38. The van der Waals surface area contributed by atoms with Crippen molar-refractivity contribution in [3.05, 3.63) is 40.2 Å². The van der Waals surface area contributed by atoms with Crippen LogP contribution in [-0.4, -0.2) is 37.8 Å². The van der Waals surface area contributed by atoms with Gasteiger partial charge >= 0.3 is 0 Å². The second-order valence-electron chi connectivity index (χ2n) is 9.52. The van der Waals surface area contributed by atoms with Crippen LogP contribution in [0.4, 0.5) is 5.00 Å². The molecular weight excluding hydrogens is 436 g/mol. The van der Waals surface area contributed by atoms with E-state index in [1.54, 1.807) is 12.1 Å². The summed E-state index contributed by atoms with van der Waals surface area (Å²) in [6.07, 6.45) is 4.43. The zero-order valence-corrected chi connectivity index (χ0v) is 19.6. The highest BCUT2D eigenvalue weighted by Gasteiger charge is 2.36. The Morgan fingerprint density at radius 2 is 1.97 bits per heavy atom. The van der Waals surface area contributed by atoms with Gasteiger partial charge in [-0.05, 0) is 54.7 Å². The summed E-state index contributed by atoms with van der Waals surface area (Å²) in [5.41, 5.74) is 1.59. The highest BCUT2D eigenvalue weighted by atomic mass is 32.2. The smallest absolute Gasteiger partial charge is 0.291 e. The summed E-state index contributed by atoms with van der Waals surface area (Å²) in [5, 5.41) is 6.24. The summed E-state index contributed by atoms with van der Waals surface area (Å²) in [7, 11) is -3.10. The summed E-state index contributed by atoms with van der Waals surface area (Å²) in [6, 6.07) is 2.81. The van der Waals surface area contributed by atoms with E-state index in [-0.39, 0.29) is 28.6 Å². The predicted molar refractivity (Wildman–Crippen MR) is 120 cm³/mol. The monoisotopic (exact) mass is 464 g/mol. The molecule has 0 radical (unpaired) electrons. The van der Waals surface area contributed by atoms with E-state index in [2.05, 4.69) is 31.4 Å². The zero-order chi connectivity index (χ0) is 22.4. The van der Waals surface area contributed by atoms with E-state index in [1.807, 2.05) is 0 Å². The van der Waals surface area contributed by atoms with Crippen molar-refractivity contribution >= 4 is 38.0 Å². The summed E-state index contributed by atoms with van der Waals surface area (Å²) < 4.78 is 28.8. The lowest BCUT2D eigenvalue weighted by Gasteiger charge is -2.33. The highest BCUT2D eigenvalue weighted by molar-refractivity contribution is 7.91. The Kier molecular flexibility index (Phi) is 5.76. The molecule has 2 atom stereocenters. The van der Waals surface area contributed by atoms with Crippen LogP contribution in [0.3, 0.4) is 0 Å². The van der Waals surface area contributed by atoms with Crippen LogP contribution in [0.25, 0.3) is 0 Å². The molecule has 2 aromatic rings. The lowest BCUT2D eigenvalue weighted by atomic mass is 9.72. The van der Waals surface area contributed by atoms with Gasteiger partial charge in [0.2, 0.25) is 0 Å². The summed E-state index contributed by atoms with van der Waals surface area (Å²) in [4.78, 5) is 27.0. The van der Waals surface area contributed by atoms with Gasteiger partial charge in [0.15, 0.2) is 15.6 Å². The third-order valence-electron chi connectivity index (χ3n) is 6.26. The maximum Gasteiger partial charge on any atom is 0.291 e. The van der Waals surface area contributed by atoms with E-state index in [0.717, 1.165) is 29.7 Å². The van der Waals surface area contributed by atoms with Gasteiger partial charge in [0.1, 0.15) is 5.00 Å². The second kappa shape index (κ2) is 8.09. The molecule has 0 bridgehead atoms. The number of amides is 2. The van der Waals surface area contributed by atoms with Crippen LogP contribution in [0.2, 0.25) is 0 Å². The van der Waals surface area contributed by atoms with Crippen molar-refractivity contribution in [2.24, 2.45) is 11.3 Å². The number of carbonyl (C=O) groups excluding carboxylic acids is 2. The lowest BCUT2D eigenvalue weighted by Crippen LogP contribution is -2.36. The second-order valence-corrected chi connectivity index (χ2v) is 12.9. The SMILES string of the molecule is CC(C)(C)[C@@H]1CCc2c(sc(NC(=O)c3ccco3)c2C(=O)N[C@@H]2CCS(=O)(=O)C2)C1. The minimum absolute atomic E-state index is 0.0365. The molecule has 1 aliphatic carbocycles. The molecule has 7 nitrogen and oxygen atoms in total. The molecule has 2 aromatic heterocycles. The number of hydrogen-bond donors (Lipinski definition) is 2. The number of thiophene rings is 1. The summed E-state index contributed by atoms with van der Waals surface area (Å²) >= 11 is 1.44. The fourth-order valence-electron chi connectivity index (χ4n) is 4.39. The minimum atomic E-state index is -3.10. The molecule has 2 aliphatic rings. The molecule has 1 aliphatic heterocycles. The first-order valence-corrected chi connectivity index (χ1v) is 13.2. The first-order chi connectivity index (χ1) is 14.5. The third-order valence-corrected chi connectivity index (χ3v) is 9.19. The van der Waals surface area contributed by atoms with Crippen molar-refractivity contribution in [3.63, 3.8) is 0 Å².